The first-order chi connectivity index (χ1) is 61.7. The third-order valence-corrected chi connectivity index (χ3v) is 24.2. The van der Waals surface area contributed by atoms with E-state index >= 15 is 0 Å². The van der Waals surface area contributed by atoms with Gasteiger partial charge in [0.1, 0.15) is 78.6 Å². The summed E-state index contributed by atoms with van der Waals surface area (Å²) in [5.74, 6) is -3.04. The number of amides is 11. The number of carbonyl (C=O) groups excluding carboxylic acids is 11. The molecule has 0 saturated carbocycles. The normalized spacial score (nSPS) is 27.1. The van der Waals surface area contributed by atoms with Crippen LogP contribution in [0.15, 0.2) is 0 Å². The third-order valence-electron chi connectivity index (χ3n) is 23.2. The second kappa shape index (κ2) is 58.6. The van der Waals surface area contributed by atoms with E-state index in [9.17, 15) is 77.5 Å². The summed E-state index contributed by atoms with van der Waals surface area (Å²) >= 11 is 0. The number of nitrogens with one attached hydrogen (secondary N) is 11. The van der Waals surface area contributed by atoms with Crippen LogP contribution < -0.4 is 58.5 Å². The summed E-state index contributed by atoms with van der Waals surface area (Å²) < 4.78 is 98.8. The number of aliphatic hydroxyl groups is 3. The van der Waals surface area contributed by atoms with Crippen LogP contribution in [0.5, 0.6) is 0 Å². The fraction of sp³-hybridized carbons (Fsp3) is 0.869. The largest absolute Gasteiger partial charge is 0.472 e. The van der Waals surface area contributed by atoms with Crippen LogP contribution in [-0.4, -0.2) is 358 Å². The Hall–Kier alpha value is -6.40. The van der Waals surface area contributed by atoms with Crippen molar-refractivity contribution < 1.29 is 148 Å². The van der Waals surface area contributed by atoms with E-state index in [1.54, 1.807) is 12.0 Å². The molecule has 15 N–H and O–H groups in total. The SMILES string of the molecule is COCC1CC(OP(=O)(O)OCC2CCCN2C(=O)CCCCCCCCCCC(=O)NC(COCCC(=O)NCCCNC(=O)CCCCO[C@@H]2OC3CO[C@@H]3C(O)[C@@H]2NC(C)=O)(COCCC(=O)NCCCNC(=O)CCCCO[C@@H]2OC3CO[C@@H]3C(O)[C@@H]2NC(C)=O)COCCC(=O)NCCCNC(=O)CCCCO[C@@H]2OC3CO[C@@H]3C(O)[C@@H]2NC(C)=O)CN1. The number of methoxy groups -OCH3 is 1. The number of nitrogens with zero attached hydrogens (tertiary/aromatic N) is 1. The monoisotopic (exact) mass is 1850 g/mol. The topological polar surface area (TPSA) is 560 Å². The summed E-state index contributed by atoms with van der Waals surface area (Å²) in [5.41, 5.74) is -1.41. The van der Waals surface area contributed by atoms with Gasteiger partial charge in [-0.3, -0.25) is 61.8 Å². The van der Waals surface area contributed by atoms with Crippen LogP contribution in [0.25, 0.3) is 0 Å². The number of hydrogen-bond acceptors (Lipinski definition) is 31. The van der Waals surface area contributed by atoms with Gasteiger partial charge in [0.05, 0.1) is 84.8 Å². The van der Waals surface area contributed by atoms with Crippen LogP contribution in [0.4, 0.5) is 0 Å². The zero-order valence-corrected chi connectivity index (χ0v) is 75.8. The van der Waals surface area contributed by atoms with Crippen molar-refractivity contribution in [3.05, 3.63) is 0 Å². The molecule has 8 aliphatic heterocycles. The lowest BCUT2D eigenvalue weighted by atomic mass is 9.93. The predicted octanol–water partition coefficient (Wildman–Crippen LogP) is -1.14. The Morgan fingerprint density at radius 3 is 1.16 bits per heavy atom. The quantitative estimate of drug-likeness (QED) is 0.0253. The molecule has 0 aromatic rings. The highest BCUT2D eigenvalue weighted by Crippen LogP contribution is 2.46. The number of fused-ring (bicyclic) bond motifs is 3. The van der Waals surface area contributed by atoms with Crippen molar-refractivity contribution in [2.24, 2.45) is 0 Å². The third kappa shape index (κ3) is 39.0. The molecular weight excluding hydrogens is 1700 g/mol. The van der Waals surface area contributed by atoms with Crippen molar-refractivity contribution in [1.29, 1.82) is 0 Å². The van der Waals surface area contributed by atoms with Crippen molar-refractivity contribution in [3.8, 4) is 0 Å². The molecule has 0 spiro atoms. The van der Waals surface area contributed by atoms with E-state index in [2.05, 4.69) is 58.5 Å². The lowest BCUT2D eigenvalue weighted by Crippen LogP contribution is -2.69. The Labute approximate surface area is 749 Å². The summed E-state index contributed by atoms with van der Waals surface area (Å²) in [6.07, 6.45) is 4.59. The van der Waals surface area contributed by atoms with Gasteiger partial charge in [-0.05, 0) is 89.9 Å². The fourth-order valence-corrected chi connectivity index (χ4v) is 17.1. The summed E-state index contributed by atoms with van der Waals surface area (Å²) in [6, 6.07) is -2.74. The molecule has 0 aliphatic carbocycles. The van der Waals surface area contributed by atoms with Gasteiger partial charge in [0, 0.05) is 157 Å². The minimum absolute atomic E-state index is 0.0152. The van der Waals surface area contributed by atoms with Crippen molar-refractivity contribution in [1.82, 2.24) is 63.4 Å². The summed E-state index contributed by atoms with van der Waals surface area (Å²) in [4.78, 5) is 153. The standard InChI is InChI=1S/C84H145N12O31P/c1-55(97)92-72-75(108)78-61(49-120-78)124-81(72)117-39-16-13-24-64(100)85-32-20-35-88-67(103)29-42-114-52-84(53-115-43-30-68(104)89-36-21-33-86-65(101)25-14-17-40-118-82-73(93-56(2)98)76(109)79-62(125-82)50-121-79,54-116-44-31-69(105)90-37-22-34-87-66(102)26-15-18-41-119-83-74(94-57(3)99)77(110)80-63(126-83)51-122-80)95-70(106)27-11-9-7-5-6-8-10-12-28-71(107)96-38-19-23-59(96)48-123-128(111,112)127-60-45-58(47-113-4)91-46-60/h58-63,72-83,91,108-110H,5-54H2,1-4H3,(H,85,100)(H,86,101)(H,87,102)(H,88,103)(H,89,104)(H,90,105)(H,92,97)(H,93,98)(H,94,99)(H,95,106)(H,111,112)/t58?,59?,60?,61?,62?,63?,72-,73-,74-,75?,76?,77?,78-,79-,80-,81+,82+,83+,84?/m0/s1. The van der Waals surface area contributed by atoms with Crippen LogP contribution in [0.1, 0.15) is 201 Å². The molecule has 0 aromatic carbocycles. The second-order valence-corrected chi connectivity index (χ2v) is 35.5. The van der Waals surface area contributed by atoms with Gasteiger partial charge >= 0.3 is 7.82 Å². The highest BCUT2D eigenvalue weighted by atomic mass is 31.2. The minimum atomic E-state index is -4.36. The lowest BCUT2D eigenvalue weighted by Gasteiger charge is -2.49. The molecule has 8 aliphatic rings. The summed E-state index contributed by atoms with van der Waals surface area (Å²) in [6.45, 7) is 7.49. The first-order valence-corrected chi connectivity index (χ1v) is 47.5. The summed E-state index contributed by atoms with van der Waals surface area (Å²) in [5, 5.41) is 63.5. The van der Waals surface area contributed by atoms with Gasteiger partial charge < -0.3 is 145 Å². The second-order valence-electron chi connectivity index (χ2n) is 34.1. The van der Waals surface area contributed by atoms with Crippen LogP contribution in [0.2, 0.25) is 0 Å². The maximum absolute atomic E-state index is 14.2. The zero-order chi connectivity index (χ0) is 92.1. The molecule has 0 bridgehead atoms. The first-order valence-electron chi connectivity index (χ1n) is 46.0. The number of ether oxygens (including phenoxy) is 13. The Kier molecular flexibility index (Phi) is 48.9. The molecule has 10 unspecified atom stereocenters. The van der Waals surface area contributed by atoms with E-state index < -0.39 is 93.1 Å². The Morgan fingerprint density at radius 1 is 0.445 bits per heavy atom. The molecule has 44 heteroatoms. The molecule has 19 atom stereocenters. The van der Waals surface area contributed by atoms with E-state index in [4.69, 9.17) is 70.6 Å². The molecule has 0 aromatic heterocycles. The van der Waals surface area contributed by atoms with E-state index in [-0.39, 0.29) is 246 Å². The van der Waals surface area contributed by atoms with Crippen LogP contribution in [0, 0.1) is 0 Å². The van der Waals surface area contributed by atoms with Gasteiger partial charge in [-0.2, -0.15) is 0 Å². The van der Waals surface area contributed by atoms with Gasteiger partial charge in [-0.1, -0.05) is 38.5 Å². The Morgan fingerprint density at radius 2 is 0.797 bits per heavy atom. The van der Waals surface area contributed by atoms with Gasteiger partial charge in [-0.25, -0.2) is 4.57 Å². The number of aliphatic hydroxyl groups excluding tert-OH is 3. The first kappa shape index (κ1) is 107. The molecule has 128 heavy (non-hydrogen) atoms. The smallest absolute Gasteiger partial charge is 0.388 e. The van der Waals surface area contributed by atoms with Crippen LogP contribution in [-0.2, 0) is 128 Å². The van der Waals surface area contributed by atoms with Gasteiger partial charge in [-0.15, -0.1) is 0 Å². The molecule has 8 fully saturated rings. The highest BCUT2D eigenvalue weighted by Gasteiger charge is 2.54. The molecule has 11 amide bonds. The van der Waals surface area contributed by atoms with E-state index in [0.29, 0.717) is 129 Å². The van der Waals surface area contributed by atoms with Crippen LogP contribution in [0.3, 0.4) is 0 Å². The number of phosphoric acid groups is 1. The number of hydrogen-bond donors (Lipinski definition) is 15. The summed E-state index contributed by atoms with van der Waals surface area (Å²) in [7, 11) is -2.77. The maximum Gasteiger partial charge on any atom is 0.472 e. The van der Waals surface area contributed by atoms with Crippen molar-refractivity contribution in [3.63, 3.8) is 0 Å². The number of phosphoric ester groups is 1. The highest BCUT2D eigenvalue weighted by molar-refractivity contribution is 7.47. The van der Waals surface area contributed by atoms with Gasteiger partial charge in [0.15, 0.2) is 18.9 Å². The number of likely N-dealkylation sites (tertiary alicyclic amines) is 1. The number of unbranched alkanes of at least 4 members (excludes halogenated alkanes) is 10. The maximum atomic E-state index is 14.2. The van der Waals surface area contributed by atoms with Crippen molar-refractivity contribution in [2.75, 3.05) is 152 Å². The Bertz CT molecular complexity index is 3190. The average Bonchev–Trinajstić information content (AvgIpc) is 0.994. The molecular formula is C84H145N12O31P. The van der Waals surface area contributed by atoms with Crippen LogP contribution >= 0.6 is 7.82 Å². The minimum Gasteiger partial charge on any atom is -0.388 e. The van der Waals surface area contributed by atoms with Gasteiger partial charge in [0.25, 0.3) is 0 Å². The predicted molar refractivity (Wildman–Crippen MR) is 454 cm³/mol. The molecule has 0 radical (unpaired) electrons. The van der Waals surface area contributed by atoms with Crippen molar-refractivity contribution in [2.45, 2.75) is 316 Å². The van der Waals surface area contributed by atoms with Gasteiger partial charge in [0.2, 0.25) is 65.0 Å². The number of rotatable bonds is 67. The zero-order valence-electron chi connectivity index (χ0n) is 75.0. The molecule has 8 saturated heterocycles. The molecule has 43 nitrogen and oxygen atoms in total. The van der Waals surface area contributed by atoms with Crippen molar-refractivity contribution >= 4 is 72.8 Å². The number of carbonyl (C=O) groups is 11. The fourth-order valence-electron chi connectivity index (χ4n) is 16.1. The van der Waals surface area contributed by atoms with E-state index in [0.717, 1.165) is 44.9 Å². The molecule has 732 valence electrons. The van der Waals surface area contributed by atoms with E-state index in [1.165, 1.54) is 20.8 Å². The Balaban J connectivity index is 0.768. The van der Waals surface area contributed by atoms with E-state index in [1.807, 2.05) is 0 Å². The molecule has 8 rings (SSSR count). The average molecular weight is 1850 g/mol. The molecule has 8 heterocycles. The lowest BCUT2D eigenvalue weighted by molar-refractivity contribution is -0.327.